The zero-order chi connectivity index (χ0) is 23.6. The second-order valence-corrected chi connectivity index (χ2v) is 10.4. The summed E-state index contributed by atoms with van der Waals surface area (Å²) < 4.78 is 12.8. The Morgan fingerprint density at radius 3 is 1.62 bits per heavy atom. The van der Waals surface area contributed by atoms with Crippen molar-refractivity contribution >= 4 is 12.6 Å². The van der Waals surface area contributed by atoms with Crippen molar-refractivity contribution in [2.24, 2.45) is 0 Å². The number of hydrogen-bond acceptors (Lipinski definition) is 2. The number of fused-ring (bicyclic) bond motifs is 3. The molecule has 2 aliphatic rings. The van der Waals surface area contributed by atoms with Crippen LogP contribution in [-0.2, 0) is 14.7 Å². The quantitative estimate of drug-likeness (QED) is 0.302. The molecule has 0 N–H and O–H groups in total. The molecular formula is C31H29BO2. The van der Waals surface area contributed by atoms with Crippen LogP contribution in [-0.4, -0.2) is 18.3 Å². The molecule has 0 unspecified atom stereocenters. The summed E-state index contributed by atoms with van der Waals surface area (Å²) in [5, 5.41) is 0. The Bertz CT molecular complexity index is 1310. The molecule has 1 aliphatic heterocycles. The van der Waals surface area contributed by atoms with Gasteiger partial charge in [-0.2, -0.15) is 0 Å². The summed E-state index contributed by atoms with van der Waals surface area (Å²) >= 11 is 0. The van der Waals surface area contributed by atoms with E-state index in [0.717, 1.165) is 5.46 Å². The molecule has 4 aromatic rings. The minimum Gasteiger partial charge on any atom is -0.399 e. The third kappa shape index (κ3) is 2.90. The van der Waals surface area contributed by atoms with Gasteiger partial charge in [0.05, 0.1) is 16.6 Å². The van der Waals surface area contributed by atoms with Crippen LogP contribution in [0.25, 0.3) is 11.1 Å². The van der Waals surface area contributed by atoms with Crippen molar-refractivity contribution in [3.8, 4) is 11.1 Å². The third-order valence-electron chi connectivity index (χ3n) is 8.00. The zero-order valence-electron chi connectivity index (χ0n) is 20.2. The van der Waals surface area contributed by atoms with Gasteiger partial charge in [0.15, 0.2) is 0 Å². The van der Waals surface area contributed by atoms with E-state index < -0.39 is 12.5 Å². The van der Waals surface area contributed by atoms with Crippen LogP contribution in [0.1, 0.15) is 49.9 Å². The second-order valence-electron chi connectivity index (χ2n) is 10.4. The first-order valence-electron chi connectivity index (χ1n) is 12.1. The van der Waals surface area contributed by atoms with Crippen LogP contribution in [0, 0.1) is 0 Å². The molecule has 3 heteroatoms. The van der Waals surface area contributed by atoms with Crippen molar-refractivity contribution in [2.45, 2.75) is 44.3 Å². The van der Waals surface area contributed by atoms with Crippen LogP contribution in [0.3, 0.4) is 0 Å². The van der Waals surface area contributed by atoms with Gasteiger partial charge in [-0.05, 0) is 66.5 Å². The van der Waals surface area contributed by atoms with Gasteiger partial charge in [0.25, 0.3) is 0 Å². The number of rotatable bonds is 3. The van der Waals surface area contributed by atoms with Crippen molar-refractivity contribution in [1.82, 2.24) is 0 Å². The van der Waals surface area contributed by atoms with E-state index in [1.165, 1.54) is 33.4 Å². The molecule has 0 amide bonds. The predicted molar refractivity (Wildman–Crippen MR) is 139 cm³/mol. The molecule has 1 saturated heterocycles. The van der Waals surface area contributed by atoms with Crippen LogP contribution in [0.15, 0.2) is 103 Å². The molecule has 6 rings (SSSR count). The summed E-state index contributed by atoms with van der Waals surface area (Å²) in [6.07, 6.45) is 0. The largest absolute Gasteiger partial charge is 0.494 e. The van der Waals surface area contributed by atoms with Crippen LogP contribution < -0.4 is 5.46 Å². The van der Waals surface area contributed by atoms with Gasteiger partial charge in [0, 0.05) is 0 Å². The molecule has 1 aliphatic carbocycles. The fraction of sp³-hybridized carbons (Fsp3) is 0.226. The Morgan fingerprint density at radius 2 is 1.03 bits per heavy atom. The lowest BCUT2D eigenvalue weighted by Gasteiger charge is -2.34. The molecule has 0 aromatic heterocycles. The predicted octanol–water partition coefficient (Wildman–Crippen LogP) is 6.35. The van der Waals surface area contributed by atoms with Gasteiger partial charge < -0.3 is 9.31 Å². The topological polar surface area (TPSA) is 18.5 Å². The standard InChI is InChI=1S/C31H29BO2/c1-29(2)30(3,4)34-32(33-29)24-16-12-15-23(21-24)31(22-13-6-5-7-14-22)27-19-10-8-17-25(27)26-18-9-11-20-28(26)31/h5-21H,1-4H3. The van der Waals surface area contributed by atoms with Gasteiger partial charge >= 0.3 is 7.12 Å². The second kappa shape index (κ2) is 7.43. The van der Waals surface area contributed by atoms with Gasteiger partial charge in [-0.25, -0.2) is 0 Å². The summed E-state index contributed by atoms with van der Waals surface area (Å²) in [5.41, 5.74) is 7.59. The monoisotopic (exact) mass is 444 g/mol. The molecule has 0 bridgehead atoms. The Labute approximate surface area is 202 Å². The fourth-order valence-electron chi connectivity index (χ4n) is 5.61. The van der Waals surface area contributed by atoms with Gasteiger partial charge in [0.2, 0.25) is 0 Å². The van der Waals surface area contributed by atoms with Gasteiger partial charge in [-0.3, -0.25) is 0 Å². The zero-order valence-corrected chi connectivity index (χ0v) is 20.2. The van der Waals surface area contributed by atoms with Crippen LogP contribution >= 0.6 is 0 Å². The number of hydrogen-bond donors (Lipinski definition) is 0. The van der Waals surface area contributed by atoms with Crippen molar-refractivity contribution in [2.75, 3.05) is 0 Å². The lowest BCUT2D eigenvalue weighted by atomic mass is 9.66. The maximum Gasteiger partial charge on any atom is 0.494 e. The molecule has 0 spiro atoms. The molecule has 0 radical (unpaired) electrons. The van der Waals surface area contributed by atoms with E-state index in [9.17, 15) is 0 Å². The van der Waals surface area contributed by atoms with Crippen molar-refractivity contribution in [3.05, 3.63) is 125 Å². The summed E-state index contributed by atoms with van der Waals surface area (Å²) in [4.78, 5) is 0. The average Bonchev–Trinajstić information content (AvgIpc) is 3.27. The summed E-state index contributed by atoms with van der Waals surface area (Å²) in [5.74, 6) is 0. The molecule has 4 aromatic carbocycles. The Balaban J connectivity index is 1.61. The van der Waals surface area contributed by atoms with Crippen molar-refractivity contribution < 1.29 is 9.31 Å². The first kappa shape index (κ1) is 21.4. The van der Waals surface area contributed by atoms with Gasteiger partial charge in [-0.1, -0.05) is 103 Å². The molecule has 2 nitrogen and oxygen atoms in total. The van der Waals surface area contributed by atoms with Crippen LogP contribution in [0.4, 0.5) is 0 Å². The van der Waals surface area contributed by atoms with Crippen molar-refractivity contribution in [1.29, 1.82) is 0 Å². The van der Waals surface area contributed by atoms with E-state index in [1.807, 2.05) is 0 Å². The van der Waals surface area contributed by atoms with E-state index in [2.05, 4.69) is 131 Å². The third-order valence-corrected chi connectivity index (χ3v) is 8.00. The SMILES string of the molecule is CC1(C)OB(c2cccc(C3(c4ccccc4)c4ccccc4-c4ccccc43)c2)OC1(C)C. The minimum atomic E-state index is -0.409. The van der Waals surface area contributed by atoms with E-state index in [0.29, 0.717) is 0 Å². The molecular weight excluding hydrogens is 415 g/mol. The molecule has 34 heavy (non-hydrogen) atoms. The van der Waals surface area contributed by atoms with Crippen LogP contribution in [0.5, 0.6) is 0 Å². The Hall–Kier alpha value is -3.14. The number of benzene rings is 4. The average molecular weight is 444 g/mol. The summed E-state index contributed by atoms with van der Waals surface area (Å²) in [6.45, 7) is 8.41. The summed E-state index contributed by atoms with van der Waals surface area (Å²) in [6, 6.07) is 37.3. The smallest absolute Gasteiger partial charge is 0.399 e. The van der Waals surface area contributed by atoms with Crippen LogP contribution in [0.2, 0.25) is 0 Å². The maximum absolute atomic E-state index is 6.42. The van der Waals surface area contributed by atoms with E-state index >= 15 is 0 Å². The van der Waals surface area contributed by atoms with E-state index in [-0.39, 0.29) is 11.2 Å². The highest BCUT2D eigenvalue weighted by molar-refractivity contribution is 6.62. The van der Waals surface area contributed by atoms with E-state index in [1.54, 1.807) is 0 Å². The Kier molecular flexibility index (Phi) is 4.68. The van der Waals surface area contributed by atoms with Crippen molar-refractivity contribution in [3.63, 3.8) is 0 Å². The molecule has 1 fully saturated rings. The molecule has 0 saturated carbocycles. The fourth-order valence-corrected chi connectivity index (χ4v) is 5.61. The molecule has 0 atom stereocenters. The Morgan fingerprint density at radius 1 is 0.529 bits per heavy atom. The molecule has 1 heterocycles. The normalized spacial score (nSPS) is 19.0. The first-order chi connectivity index (χ1) is 16.3. The lowest BCUT2D eigenvalue weighted by Crippen LogP contribution is -2.41. The highest BCUT2D eigenvalue weighted by atomic mass is 16.7. The lowest BCUT2D eigenvalue weighted by molar-refractivity contribution is 0.00578. The highest BCUT2D eigenvalue weighted by Crippen LogP contribution is 2.55. The summed E-state index contributed by atoms with van der Waals surface area (Å²) in [7, 11) is -0.398. The molecule has 168 valence electrons. The first-order valence-corrected chi connectivity index (χ1v) is 12.1. The minimum absolute atomic E-state index is 0.378. The maximum atomic E-state index is 6.42. The van der Waals surface area contributed by atoms with E-state index in [4.69, 9.17) is 9.31 Å². The van der Waals surface area contributed by atoms with Gasteiger partial charge in [-0.15, -0.1) is 0 Å². The highest BCUT2D eigenvalue weighted by Gasteiger charge is 2.52. The van der Waals surface area contributed by atoms with Gasteiger partial charge in [0.1, 0.15) is 0 Å².